The highest BCUT2D eigenvalue weighted by Crippen LogP contribution is 2.13. The van der Waals surface area contributed by atoms with Crippen LogP contribution in [0.1, 0.15) is 20.3 Å². The van der Waals surface area contributed by atoms with Gasteiger partial charge in [0.1, 0.15) is 12.6 Å². The van der Waals surface area contributed by atoms with E-state index in [1.165, 1.54) is 4.90 Å². The monoisotopic (exact) mass is 276 g/mol. The van der Waals surface area contributed by atoms with Crippen molar-refractivity contribution in [3.63, 3.8) is 0 Å². The lowest BCUT2D eigenvalue weighted by molar-refractivity contribution is -0.149. The van der Waals surface area contributed by atoms with Crippen LogP contribution in [0.3, 0.4) is 0 Å². The molecule has 84 valence electrons. The summed E-state index contributed by atoms with van der Waals surface area (Å²) < 4.78 is 0. The molecule has 1 heterocycles. The van der Waals surface area contributed by atoms with E-state index in [4.69, 9.17) is 0 Å². The molecular weight excluding hydrogens is 264 g/mol. The summed E-state index contributed by atoms with van der Waals surface area (Å²) in [5, 5.41) is 2.22. The van der Waals surface area contributed by atoms with Crippen LogP contribution in [0.25, 0.3) is 0 Å². The van der Waals surface area contributed by atoms with Crippen LogP contribution >= 0.6 is 15.9 Å². The van der Waals surface area contributed by atoms with E-state index in [1.54, 1.807) is 13.8 Å². The zero-order chi connectivity index (χ0) is 11.6. The lowest BCUT2D eigenvalue weighted by atomic mass is 10.1. The van der Waals surface area contributed by atoms with Gasteiger partial charge < -0.3 is 4.90 Å². The largest absolute Gasteiger partial charge is 0.320 e. The summed E-state index contributed by atoms with van der Waals surface area (Å²) in [6.45, 7) is 3.43. The molecule has 1 aliphatic heterocycles. The van der Waals surface area contributed by atoms with Gasteiger partial charge in [-0.2, -0.15) is 0 Å². The summed E-state index contributed by atoms with van der Waals surface area (Å²) in [4.78, 5) is 35.2. The number of amides is 3. The van der Waals surface area contributed by atoms with Crippen molar-refractivity contribution >= 4 is 33.7 Å². The number of halogens is 1. The topological polar surface area (TPSA) is 66.5 Å². The maximum absolute atomic E-state index is 11.7. The first-order valence-corrected chi connectivity index (χ1v) is 5.67. The molecule has 0 aliphatic carbocycles. The van der Waals surface area contributed by atoms with Crippen LogP contribution in [0.15, 0.2) is 0 Å². The third-order valence-electron chi connectivity index (χ3n) is 2.27. The van der Waals surface area contributed by atoms with E-state index in [1.807, 2.05) is 0 Å². The van der Waals surface area contributed by atoms with Gasteiger partial charge in [0.25, 0.3) is 0 Å². The zero-order valence-corrected chi connectivity index (χ0v) is 10.2. The molecule has 0 aromatic carbocycles. The molecule has 1 aliphatic rings. The molecule has 2 atom stereocenters. The first-order valence-electron chi connectivity index (χ1n) is 4.75. The van der Waals surface area contributed by atoms with Crippen molar-refractivity contribution in [2.75, 3.05) is 6.54 Å². The molecule has 3 amide bonds. The van der Waals surface area contributed by atoms with Gasteiger partial charge in [0.15, 0.2) is 0 Å². The molecule has 2 unspecified atom stereocenters. The van der Waals surface area contributed by atoms with Gasteiger partial charge in [0.05, 0.1) is 4.83 Å². The average molecular weight is 277 g/mol. The summed E-state index contributed by atoms with van der Waals surface area (Å²) in [6.07, 6.45) is 0.505. The molecular formula is C9H13BrN2O3. The van der Waals surface area contributed by atoms with Crippen molar-refractivity contribution in [3.05, 3.63) is 0 Å². The third kappa shape index (κ3) is 2.56. The quantitative estimate of drug-likeness (QED) is 0.572. The number of imide groups is 1. The Hall–Kier alpha value is -0.910. The number of hydrogen-bond donors (Lipinski definition) is 1. The number of nitrogens with one attached hydrogen (secondary N) is 1. The Bertz CT molecular complexity index is 304. The van der Waals surface area contributed by atoms with Gasteiger partial charge in [-0.1, -0.05) is 22.9 Å². The van der Waals surface area contributed by atoms with Crippen molar-refractivity contribution in [2.45, 2.75) is 31.1 Å². The molecule has 1 saturated heterocycles. The Balaban J connectivity index is 2.87. The molecule has 1 N–H and O–H groups in total. The Morgan fingerprint density at radius 1 is 1.67 bits per heavy atom. The molecule has 1 rings (SSSR count). The Labute approximate surface area is 96.3 Å². The number of rotatable bonds is 2. The number of carbonyl (C=O) groups excluding carboxylic acids is 3. The number of hydrogen-bond acceptors (Lipinski definition) is 3. The number of carbonyl (C=O) groups is 3. The summed E-state index contributed by atoms with van der Waals surface area (Å²) in [5.41, 5.74) is 0. The number of piperazine rings is 1. The van der Waals surface area contributed by atoms with Gasteiger partial charge in [0.2, 0.25) is 17.7 Å². The standard InChI is InChI=1S/C9H13BrN2O3/c1-3-6-8(14)11-7(13)4-12(6)9(15)5(2)10/h5-6H,3-4H2,1-2H3,(H,11,13,14). The van der Waals surface area contributed by atoms with Crippen molar-refractivity contribution in [1.82, 2.24) is 10.2 Å². The molecule has 0 radical (unpaired) electrons. The Kier molecular flexibility index (Phi) is 3.84. The van der Waals surface area contributed by atoms with Crippen LogP contribution < -0.4 is 5.32 Å². The number of nitrogens with zero attached hydrogens (tertiary/aromatic N) is 1. The molecule has 0 saturated carbocycles. The zero-order valence-electron chi connectivity index (χ0n) is 8.62. The maximum atomic E-state index is 11.7. The van der Waals surface area contributed by atoms with Gasteiger partial charge >= 0.3 is 0 Å². The minimum absolute atomic E-state index is 0.0426. The first kappa shape index (κ1) is 12.2. The highest BCUT2D eigenvalue weighted by Gasteiger charge is 2.36. The van der Waals surface area contributed by atoms with Crippen molar-refractivity contribution < 1.29 is 14.4 Å². The predicted octanol–water partition coefficient (Wildman–Crippen LogP) is 0.0334. The predicted molar refractivity (Wildman–Crippen MR) is 57.3 cm³/mol. The summed E-state index contributed by atoms with van der Waals surface area (Å²) in [5.74, 6) is -1.05. The van der Waals surface area contributed by atoms with Crippen molar-refractivity contribution in [1.29, 1.82) is 0 Å². The molecule has 0 spiro atoms. The van der Waals surface area contributed by atoms with Crippen LogP contribution in [0, 0.1) is 0 Å². The lowest BCUT2D eigenvalue weighted by Gasteiger charge is -2.34. The Morgan fingerprint density at radius 3 is 2.73 bits per heavy atom. The molecule has 5 nitrogen and oxygen atoms in total. The molecule has 6 heteroatoms. The maximum Gasteiger partial charge on any atom is 0.249 e. The molecule has 15 heavy (non-hydrogen) atoms. The minimum Gasteiger partial charge on any atom is -0.320 e. The van der Waals surface area contributed by atoms with E-state index < -0.39 is 17.9 Å². The second-order valence-corrected chi connectivity index (χ2v) is 4.79. The van der Waals surface area contributed by atoms with Crippen molar-refractivity contribution in [2.24, 2.45) is 0 Å². The smallest absolute Gasteiger partial charge is 0.249 e. The van der Waals surface area contributed by atoms with Gasteiger partial charge in [0, 0.05) is 0 Å². The van der Waals surface area contributed by atoms with Crippen LogP contribution in [0.4, 0.5) is 0 Å². The fraction of sp³-hybridized carbons (Fsp3) is 0.667. The van der Waals surface area contributed by atoms with Gasteiger partial charge in [-0.25, -0.2) is 0 Å². The van der Waals surface area contributed by atoms with Gasteiger partial charge in [-0.15, -0.1) is 0 Å². The van der Waals surface area contributed by atoms with Crippen LogP contribution in [-0.4, -0.2) is 40.0 Å². The Morgan fingerprint density at radius 2 is 2.27 bits per heavy atom. The molecule has 0 aromatic rings. The minimum atomic E-state index is -0.532. The number of alkyl halides is 1. The van der Waals surface area contributed by atoms with E-state index in [0.717, 1.165) is 0 Å². The average Bonchev–Trinajstić information content (AvgIpc) is 2.15. The van der Waals surface area contributed by atoms with E-state index in [9.17, 15) is 14.4 Å². The van der Waals surface area contributed by atoms with Gasteiger partial charge in [-0.05, 0) is 13.3 Å². The SMILES string of the molecule is CCC1C(=O)NC(=O)CN1C(=O)C(C)Br. The normalized spacial score (nSPS) is 23.7. The van der Waals surface area contributed by atoms with Crippen LogP contribution in [0.5, 0.6) is 0 Å². The van der Waals surface area contributed by atoms with E-state index >= 15 is 0 Å². The summed E-state index contributed by atoms with van der Waals surface area (Å²) in [7, 11) is 0. The van der Waals surface area contributed by atoms with Crippen molar-refractivity contribution in [3.8, 4) is 0 Å². The second-order valence-electron chi connectivity index (χ2n) is 3.42. The van der Waals surface area contributed by atoms with E-state index in [-0.39, 0.29) is 17.3 Å². The fourth-order valence-electron chi connectivity index (χ4n) is 1.53. The molecule has 0 aromatic heterocycles. The van der Waals surface area contributed by atoms with Crippen LogP contribution in [-0.2, 0) is 14.4 Å². The van der Waals surface area contributed by atoms with E-state index in [0.29, 0.717) is 6.42 Å². The molecule has 0 bridgehead atoms. The lowest BCUT2D eigenvalue weighted by Crippen LogP contribution is -2.60. The third-order valence-corrected chi connectivity index (χ3v) is 2.66. The highest BCUT2D eigenvalue weighted by atomic mass is 79.9. The summed E-state index contributed by atoms with van der Waals surface area (Å²) in [6, 6.07) is -0.532. The first-order chi connectivity index (χ1) is 6.97. The highest BCUT2D eigenvalue weighted by molar-refractivity contribution is 9.10. The second kappa shape index (κ2) is 4.74. The van der Waals surface area contributed by atoms with E-state index in [2.05, 4.69) is 21.2 Å². The van der Waals surface area contributed by atoms with Crippen LogP contribution in [0.2, 0.25) is 0 Å². The molecule has 1 fully saturated rings. The summed E-state index contributed by atoms with van der Waals surface area (Å²) >= 11 is 3.14. The fourth-order valence-corrected chi connectivity index (χ4v) is 1.80. The van der Waals surface area contributed by atoms with Gasteiger partial charge in [-0.3, -0.25) is 19.7 Å².